The highest BCUT2D eigenvalue weighted by Gasteiger charge is 2.23. The van der Waals surface area contributed by atoms with E-state index in [2.05, 4.69) is 63.4 Å². The number of ether oxygens (including phenoxy) is 2. The molecule has 29 heavy (non-hydrogen) atoms. The molecule has 2 aromatic carbocycles. The zero-order chi connectivity index (χ0) is 19.8. The van der Waals surface area contributed by atoms with Crippen molar-refractivity contribution in [2.75, 3.05) is 46.5 Å². The van der Waals surface area contributed by atoms with Crippen LogP contribution in [0.3, 0.4) is 0 Å². The smallest absolute Gasteiger partial charge is 0.102 e. The molecule has 0 aliphatic carbocycles. The number of hydrogen-bond donors (Lipinski definition) is 0. The van der Waals surface area contributed by atoms with Crippen LogP contribution in [0.2, 0.25) is 0 Å². The van der Waals surface area contributed by atoms with Crippen molar-refractivity contribution in [3.63, 3.8) is 0 Å². The van der Waals surface area contributed by atoms with Crippen molar-refractivity contribution in [3.05, 3.63) is 48.0 Å². The molecule has 0 saturated carbocycles. The summed E-state index contributed by atoms with van der Waals surface area (Å²) in [6.07, 6.45) is 4.99. The van der Waals surface area contributed by atoms with Crippen LogP contribution < -0.4 is 24.0 Å². The topological polar surface area (TPSA) is 18.5 Å². The second-order valence-electron chi connectivity index (χ2n) is 8.63. The Bertz CT molecular complexity index is 720. The monoisotopic (exact) mass is 511 g/mol. The second kappa shape index (κ2) is 12.2. The van der Waals surface area contributed by atoms with Crippen molar-refractivity contribution in [1.29, 1.82) is 0 Å². The Kier molecular flexibility index (Phi) is 10.4. The Morgan fingerprint density at radius 1 is 1.10 bits per heavy atom. The molecule has 4 heteroatoms. The molecule has 0 bridgehead atoms. The summed E-state index contributed by atoms with van der Waals surface area (Å²) in [6.45, 7) is 10.6. The van der Waals surface area contributed by atoms with E-state index in [4.69, 9.17) is 9.47 Å². The number of benzene rings is 2. The highest BCUT2D eigenvalue weighted by molar-refractivity contribution is 5.85. The lowest BCUT2D eigenvalue weighted by Gasteiger charge is -2.32. The van der Waals surface area contributed by atoms with Gasteiger partial charge in [-0.2, -0.15) is 0 Å². The van der Waals surface area contributed by atoms with E-state index in [0.29, 0.717) is 12.0 Å². The van der Waals surface area contributed by atoms with Crippen molar-refractivity contribution in [1.82, 2.24) is 0 Å². The van der Waals surface area contributed by atoms with Gasteiger partial charge in [0.15, 0.2) is 0 Å². The van der Waals surface area contributed by atoms with Crippen molar-refractivity contribution in [2.45, 2.75) is 45.6 Å². The number of halogens is 1. The van der Waals surface area contributed by atoms with Gasteiger partial charge in [0.25, 0.3) is 0 Å². The molecular formula is C25H38INO2. The summed E-state index contributed by atoms with van der Waals surface area (Å²) in [5, 5.41) is 2.71. The number of hydrogen-bond acceptors (Lipinski definition) is 2. The zero-order valence-corrected chi connectivity index (χ0v) is 20.6. The van der Waals surface area contributed by atoms with Crippen LogP contribution in [-0.2, 0) is 15.9 Å². The van der Waals surface area contributed by atoms with E-state index in [0.717, 1.165) is 56.8 Å². The minimum Gasteiger partial charge on any atom is -1.00 e. The molecule has 0 spiro atoms. The fourth-order valence-electron chi connectivity index (χ4n) is 4.27. The maximum atomic E-state index is 6.22. The van der Waals surface area contributed by atoms with Crippen LogP contribution >= 0.6 is 0 Å². The van der Waals surface area contributed by atoms with E-state index in [1.807, 2.05) is 0 Å². The van der Waals surface area contributed by atoms with E-state index in [9.17, 15) is 0 Å². The molecule has 1 saturated heterocycles. The number of likely N-dealkylation sites (N-methyl/N-ethyl adjacent to an activating group) is 1. The Labute approximate surface area is 194 Å². The number of fused-ring (bicyclic) bond motifs is 1. The van der Waals surface area contributed by atoms with Gasteiger partial charge in [0.1, 0.15) is 6.54 Å². The molecule has 0 amide bonds. The molecular weight excluding hydrogens is 473 g/mol. The molecule has 1 fully saturated rings. The van der Waals surface area contributed by atoms with Crippen molar-refractivity contribution >= 4 is 10.8 Å². The van der Waals surface area contributed by atoms with E-state index in [-0.39, 0.29) is 24.0 Å². The lowest BCUT2D eigenvalue weighted by Crippen LogP contribution is -3.00. The van der Waals surface area contributed by atoms with E-state index in [1.54, 1.807) is 0 Å². The summed E-state index contributed by atoms with van der Waals surface area (Å²) in [5.41, 5.74) is 1.44. The lowest BCUT2D eigenvalue weighted by atomic mass is 9.91. The van der Waals surface area contributed by atoms with Crippen LogP contribution in [0.5, 0.6) is 0 Å². The average Bonchev–Trinajstić information content (AvgIpc) is 3.24. The first-order valence-corrected chi connectivity index (χ1v) is 11.1. The summed E-state index contributed by atoms with van der Waals surface area (Å²) in [7, 11) is 2.32. The molecule has 3 rings (SSSR count). The third-order valence-corrected chi connectivity index (χ3v) is 6.66. The normalized spacial score (nSPS) is 18.0. The van der Waals surface area contributed by atoms with Crippen molar-refractivity contribution in [3.8, 4) is 0 Å². The fraction of sp³-hybridized carbons (Fsp3) is 0.600. The molecule has 2 atom stereocenters. The van der Waals surface area contributed by atoms with E-state index >= 15 is 0 Å². The Hall–Kier alpha value is -0.690. The van der Waals surface area contributed by atoms with Crippen LogP contribution in [0, 0.1) is 5.92 Å². The van der Waals surface area contributed by atoms with Crippen LogP contribution in [-0.4, -0.2) is 57.1 Å². The molecule has 2 unspecified atom stereocenters. The van der Waals surface area contributed by atoms with Gasteiger partial charge in [-0.15, -0.1) is 0 Å². The molecule has 0 N–H and O–H groups in total. The van der Waals surface area contributed by atoms with Crippen molar-refractivity contribution in [2.24, 2.45) is 5.92 Å². The molecule has 1 heterocycles. The highest BCUT2D eigenvalue weighted by atomic mass is 127. The van der Waals surface area contributed by atoms with Gasteiger partial charge >= 0.3 is 0 Å². The summed E-state index contributed by atoms with van der Waals surface area (Å²) in [6, 6.07) is 15.4. The van der Waals surface area contributed by atoms with Gasteiger partial charge in [0, 0.05) is 6.61 Å². The fourth-order valence-corrected chi connectivity index (χ4v) is 4.27. The Morgan fingerprint density at radius 2 is 1.86 bits per heavy atom. The molecule has 162 valence electrons. The molecule has 1 aliphatic heterocycles. The van der Waals surface area contributed by atoms with Gasteiger partial charge in [0.2, 0.25) is 0 Å². The third-order valence-electron chi connectivity index (χ3n) is 6.66. The first-order valence-electron chi connectivity index (χ1n) is 11.1. The minimum atomic E-state index is 0. The number of rotatable bonds is 11. The van der Waals surface area contributed by atoms with Crippen LogP contribution in [0.4, 0.5) is 0 Å². The largest absolute Gasteiger partial charge is 1.00 e. The number of nitrogens with zero attached hydrogens (tertiary/aromatic N) is 1. The maximum absolute atomic E-state index is 6.22. The summed E-state index contributed by atoms with van der Waals surface area (Å²) < 4.78 is 13.2. The van der Waals surface area contributed by atoms with Gasteiger partial charge in [-0.25, -0.2) is 0 Å². The molecule has 1 aliphatic rings. The molecule has 3 nitrogen and oxygen atoms in total. The predicted octanol–water partition coefficient (Wildman–Crippen LogP) is 2.07. The Balaban J connectivity index is 0.00000300. The van der Waals surface area contributed by atoms with Crippen LogP contribution in [0.15, 0.2) is 42.5 Å². The summed E-state index contributed by atoms with van der Waals surface area (Å²) >= 11 is 0. The van der Waals surface area contributed by atoms with Gasteiger partial charge in [0.05, 0.1) is 39.5 Å². The van der Waals surface area contributed by atoms with Gasteiger partial charge < -0.3 is 37.9 Å². The highest BCUT2D eigenvalue weighted by Crippen LogP contribution is 2.26. The van der Waals surface area contributed by atoms with E-state index in [1.165, 1.54) is 29.2 Å². The van der Waals surface area contributed by atoms with Crippen LogP contribution in [0.25, 0.3) is 10.8 Å². The second-order valence-corrected chi connectivity index (χ2v) is 8.63. The van der Waals surface area contributed by atoms with Crippen molar-refractivity contribution < 1.29 is 37.9 Å². The SMILES string of the molecule is CC[N+](C)(CC)CCOCC(Cc1cccc2ccccc12)CC1CCCO1.[I-]. The predicted molar refractivity (Wildman–Crippen MR) is 118 cm³/mol. The maximum Gasteiger partial charge on any atom is 0.102 e. The lowest BCUT2D eigenvalue weighted by molar-refractivity contribution is -0.906. The molecule has 0 radical (unpaired) electrons. The average molecular weight is 511 g/mol. The van der Waals surface area contributed by atoms with Gasteiger partial charge in [-0.3, -0.25) is 0 Å². The van der Waals surface area contributed by atoms with E-state index < -0.39 is 0 Å². The van der Waals surface area contributed by atoms with Gasteiger partial charge in [-0.05, 0) is 61.8 Å². The summed E-state index contributed by atoms with van der Waals surface area (Å²) in [4.78, 5) is 0. The summed E-state index contributed by atoms with van der Waals surface area (Å²) in [5.74, 6) is 0.510. The standard InChI is InChI=1S/C25H38NO2.HI/c1-4-26(3,5-2)15-17-27-20-21(19-24-13-9-16-28-24)18-23-12-8-11-22-10-6-7-14-25(22)23;/h6-8,10-12,14,21,24H,4-5,9,13,15-20H2,1-3H3;1H/q+1;/p-1. The third kappa shape index (κ3) is 7.20. The van der Waals surface area contributed by atoms with Crippen LogP contribution in [0.1, 0.15) is 38.7 Å². The minimum absolute atomic E-state index is 0. The molecule has 0 aromatic heterocycles. The molecule has 2 aromatic rings. The number of quaternary nitrogens is 1. The zero-order valence-electron chi connectivity index (χ0n) is 18.4. The first-order chi connectivity index (χ1) is 13.6. The Morgan fingerprint density at radius 3 is 2.59 bits per heavy atom. The van der Waals surface area contributed by atoms with Gasteiger partial charge in [-0.1, -0.05) is 42.5 Å². The first kappa shape index (κ1) is 24.6. The quantitative estimate of drug-likeness (QED) is 0.261.